The van der Waals surface area contributed by atoms with Crippen LogP contribution in [0.15, 0.2) is 8.99 Å². The standard InChI is InChI=1S/C8H11IOS/c9-8-4-5-6(10)2-1-3-7(5)11-8/h4-7,10H,1-3H2. The molecule has 1 nitrogen and oxygen atoms in total. The van der Waals surface area contributed by atoms with Crippen LogP contribution in [0.25, 0.3) is 0 Å². The molecule has 1 fully saturated rings. The van der Waals surface area contributed by atoms with Crippen molar-refractivity contribution in [2.45, 2.75) is 30.6 Å². The molecule has 0 bridgehead atoms. The third kappa shape index (κ3) is 1.60. The van der Waals surface area contributed by atoms with E-state index in [0.29, 0.717) is 11.2 Å². The van der Waals surface area contributed by atoms with Crippen LogP contribution in [-0.2, 0) is 0 Å². The summed E-state index contributed by atoms with van der Waals surface area (Å²) < 4.78 is 1.37. The van der Waals surface area contributed by atoms with Gasteiger partial charge >= 0.3 is 0 Å². The minimum atomic E-state index is -0.0616. The van der Waals surface area contributed by atoms with E-state index in [1.54, 1.807) is 0 Å². The highest BCUT2D eigenvalue weighted by Crippen LogP contribution is 2.46. The van der Waals surface area contributed by atoms with Gasteiger partial charge in [-0.15, -0.1) is 11.8 Å². The molecule has 0 saturated heterocycles. The molecule has 3 unspecified atom stereocenters. The van der Waals surface area contributed by atoms with Crippen LogP contribution in [0.5, 0.6) is 0 Å². The number of aliphatic hydroxyl groups excluding tert-OH is 1. The van der Waals surface area contributed by atoms with Gasteiger partial charge in [0.05, 0.1) is 6.10 Å². The molecule has 0 spiro atoms. The molecule has 62 valence electrons. The van der Waals surface area contributed by atoms with Gasteiger partial charge in [0, 0.05) is 14.1 Å². The number of hydrogen-bond donors (Lipinski definition) is 1. The second-order valence-electron chi connectivity index (χ2n) is 3.20. The van der Waals surface area contributed by atoms with Crippen LogP contribution in [-0.4, -0.2) is 16.5 Å². The highest BCUT2D eigenvalue weighted by atomic mass is 127. The Bertz CT molecular complexity index is 193. The number of hydrogen-bond acceptors (Lipinski definition) is 2. The topological polar surface area (TPSA) is 20.2 Å². The summed E-state index contributed by atoms with van der Waals surface area (Å²) in [7, 11) is 0. The Morgan fingerprint density at radius 2 is 2.36 bits per heavy atom. The van der Waals surface area contributed by atoms with E-state index in [9.17, 15) is 5.11 Å². The molecule has 1 aliphatic heterocycles. The Morgan fingerprint density at radius 1 is 1.55 bits per heavy atom. The first-order valence-corrected chi connectivity index (χ1v) is 5.95. The summed E-state index contributed by atoms with van der Waals surface area (Å²) in [5, 5.41) is 10.3. The Morgan fingerprint density at radius 3 is 3.09 bits per heavy atom. The van der Waals surface area contributed by atoms with Crippen molar-refractivity contribution >= 4 is 34.4 Å². The molecule has 0 amide bonds. The molecule has 1 heterocycles. The Kier molecular flexibility index (Phi) is 2.49. The van der Waals surface area contributed by atoms with E-state index in [-0.39, 0.29) is 6.10 Å². The zero-order valence-corrected chi connectivity index (χ0v) is 9.14. The molecule has 1 aliphatic carbocycles. The molecular weight excluding hydrogens is 271 g/mol. The number of rotatable bonds is 0. The number of aliphatic hydroxyl groups is 1. The number of thioether (sulfide) groups is 1. The highest BCUT2D eigenvalue weighted by Gasteiger charge is 2.35. The van der Waals surface area contributed by atoms with Gasteiger partial charge in [-0.25, -0.2) is 0 Å². The van der Waals surface area contributed by atoms with Crippen LogP contribution in [0.2, 0.25) is 0 Å². The quantitative estimate of drug-likeness (QED) is 0.689. The van der Waals surface area contributed by atoms with E-state index in [1.807, 2.05) is 11.8 Å². The first-order valence-electron chi connectivity index (χ1n) is 3.99. The van der Waals surface area contributed by atoms with Gasteiger partial charge in [0.15, 0.2) is 0 Å². The SMILES string of the molecule is OC1CCCC2SC(I)=CC12. The lowest BCUT2D eigenvalue weighted by atomic mass is 9.86. The van der Waals surface area contributed by atoms with E-state index in [0.717, 1.165) is 6.42 Å². The Hall–Kier alpha value is 0.780. The first-order chi connectivity index (χ1) is 5.27. The Labute approximate surface area is 84.8 Å². The molecule has 0 radical (unpaired) electrons. The maximum atomic E-state index is 9.64. The smallest absolute Gasteiger partial charge is 0.0614 e. The molecule has 1 saturated carbocycles. The van der Waals surface area contributed by atoms with Crippen molar-refractivity contribution in [3.8, 4) is 0 Å². The van der Waals surface area contributed by atoms with Crippen molar-refractivity contribution in [1.82, 2.24) is 0 Å². The van der Waals surface area contributed by atoms with Gasteiger partial charge in [-0.3, -0.25) is 0 Å². The highest BCUT2D eigenvalue weighted by molar-refractivity contribution is 14.1. The predicted octanol–water partition coefficient (Wildman–Crippen LogP) is 2.54. The summed E-state index contributed by atoms with van der Waals surface area (Å²) in [6.07, 6.45) is 5.66. The summed E-state index contributed by atoms with van der Waals surface area (Å²) >= 11 is 4.30. The van der Waals surface area contributed by atoms with Gasteiger partial charge in [0.1, 0.15) is 0 Å². The lowest BCUT2D eigenvalue weighted by Gasteiger charge is -2.28. The van der Waals surface area contributed by atoms with E-state index in [4.69, 9.17) is 0 Å². The lowest BCUT2D eigenvalue weighted by Crippen LogP contribution is -2.30. The third-order valence-corrected chi connectivity index (χ3v) is 4.79. The molecule has 0 aromatic rings. The van der Waals surface area contributed by atoms with Crippen molar-refractivity contribution in [3.63, 3.8) is 0 Å². The lowest BCUT2D eigenvalue weighted by molar-refractivity contribution is 0.0978. The van der Waals surface area contributed by atoms with E-state index >= 15 is 0 Å². The van der Waals surface area contributed by atoms with Crippen LogP contribution < -0.4 is 0 Å². The van der Waals surface area contributed by atoms with Crippen molar-refractivity contribution in [1.29, 1.82) is 0 Å². The predicted molar refractivity (Wildman–Crippen MR) is 56.8 cm³/mol. The van der Waals surface area contributed by atoms with Crippen LogP contribution in [0.3, 0.4) is 0 Å². The largest absolute Gasteiger partial charge is 0.392 e. The summed E-state index contributed by atoms with van der Waals surface area (Å²) in [6.45, 7) is 0. The fourth-order valence-electron chi connectivity index (χ4n) is 1.85. The second-order valence-corrected chi connectivity index (χ2v) is 6.38. The molecule has 0 aromatic carbocycles. The third-order valence-electron chi connectivity index (χ3n) is 2.45. The first kappa shape index (κ1) is 8.38. The van der Waals surface area contributed by atoms with Crippen molar-refractivity contribution in [2.24, 2.45) is 5.92 Å². The Balaban J connectivity index is 2.12. The van der Waals surface area contributed by atoms with E-state index < -0.39 is 0 Å². The van der Waals surface area contributed by atoms with Crippen molar-refractivity contribution in [3.05, 3.63) is 8.99 Å². The van der Waals surface area contributed by atoms with Crippen LogP contribution in [0, 0.1) is 5.92 Å². The van der Waals surface area contributed by atoms with Gasteiger partial charge in [-0.1, -0.05) is 6.08 Å². The summed E-state index contributed by atoms with van der Waals surface area (Å²) in [5.41, 5.74) is 0. The fraction of sp³-hybridized carbons (Fsp3) is 0.750. The fourth-order valence-corrected chi connectivity index (χ4v) is 4.47. The second kappa shape index (κ2) is 3.26. The van der Waals surface area contributed by atoms with E-state index in [2.05, 4.69) is 28.7 Å². The van der Waals surface area contributed by atoms with Gasteiger partial charge < -0.3 is 5.11 Å². The van der Waals surface area contributed by atoms with E-state index in [1.165, 1.54) is 15.8 Å². The van der Waals surface area contributed by atoms with Gasteiger partial charge in [-0.2, -0.15) is 0 Å². The van der Waals surface area contributed by atoms with Crippen molar-refractivity contribution in [2.75, 3.05) is 0 Å². The van der Waals surface area contributed by atoms with Gasteiger partial charge in [-0.05, 0) is 41.9 Å². The molecule has 2 aliphatic rings. The normalized spacial score (nSPS) is 43.5. The number of halogens is 1. The minimum Gasteiger partial charge on any atom is -0.392 e. The van der Waals surface area contributed by atoms with Crippen LogP contribution in [0.4, 0.5) is 0 Å². The molecular formula is C8H11IOS. The molecule has 3 atom stereocenters. The zero-order valence-electron chi connectivity index (χ0n) is 6.16. The zero-order chi connectivity index (χ0) is 7.84. The maximum Gasteiger partial charge on any atom is 0.0614 e. The number of fused-ring (bicyclic) bond motifs is 1. The van der Waals surface area contributed by atoms with Gasteiger partial charge in [0.25, 0.3) is 0 Å². The average molecular weight is 282 g/mol. The molecule has 1 N–H and O–H groups in total. The molecule has 0 aromatic heterocycles. The summed E-state index contributed by atoms with van der Waals surface area (Å²) in [4.78, 5) is 0. The maximum absolute atomic E-state index is 9.64. The summed E-state index contributed by atoms with van der Waals surface area (Å²) in [6, 6.07) is 0. The monoisotopic (exact) mass is 282 g/mol. The molecule has 2 rings (SSSR count). The average Bonchev–Trinajstić information content (AvgIpc) is 2.31. The van der Waals surface area contributed by atoms with Crippen molar-refractivity contribution < 1.29 is 5.11 Å². The van der Waals surface area contributed by atoms with Gasteiger partial charge in [0.2, 0.25) is 0 Å². The molecule has 3 heteroatoms. The van der Waals surface area contributed by atoms with Crippen LogP contribution in [0.1, 0.15) is 19.3 Å². The van der Waals surface area contributed by atoms with Crippen LogP contribution >= 0.6 is 34.4 Å². The molecule has 11 heavy (non-hydrogen) atoms. The minimum absolute atomic E-state index is 0.0616. The summed E-state index contributed by atoms with van der Waals surface area (Å²) in [5.74, 6) is 0.459.